The van der Waals surface area contributed by atoms with E-state index in [2.05, 4.69) is 10.3 Å². The van der Waals surface area contributed by atoms with Gasteiger partial charge < -0.3 is 9.73 Å². The van der Waals surface area contributed by atoms with Crippen LogP contribution in [-0.2, 0) is 17.1 Å². The number of hydrogen-bond acceptors (Lipinski definition) is 4. The number of hydrogen-bond donors (Lipinski definition) is 1. The molecule has 0 aliphatic heterocycles. The predicted octanol–water partition coefficient (Wildman–Crippen LogP) is 5.59. The molecule has 1 N–H and O–H groups in total. The van der Waals surface area contributed by atoms with Gasteiger partial charge in [0.2, 0.25) is 11.8 Å². The van der Waals surface area contributed by atoms with Crippen LogP contribution in [0, 0.1) is 0 Å². The molecule has 0 saturated carbocycles. The van der Waals surface area contributed by atoms with Gasteiger partial charge in [-0.1, -0.05) is 41.4 Å². The van der Waals surface area contributed by atoms with Crippen molar-refractivity contribution in [3.63, 3.8) is 0 Å². The molecule has 0 aliphatic rings. The SMILES string of the molecule is C[C@@H](SCc1coc(-c2ccc(Cl)cc2)n1)C(=O)NCc1ccccc1Cl. The highest BCUT2D eigenvalue weighted by atomic mass is 35.5. The molecule has 27 heavy (non-hydrogen) atoms. The molecule has 0 saturated heterocycles. The maximum atomic E-state index is 12.3. The normalized spacial score (nSPS) is 12.0. The van der Waals surface area contributed by atoms with Crippen LogP contribution >= 0.6 is 35.0 Å². The smallest absolute Gasteiger partial charge is 0.233 e. The largest absolute Gasteiger partial charge is 0.444 e. The van der Waals surface area contributed by atoms with E-state index in [4.69, 9.17) is 27.6 Å². The first-order valence-electron chi connectivity index (χ1n) is 8.36. The third-order valence-electron chi connectivity index (χ3n) is 3.90. The van der Waals surface area contributed by atoms with Crippen molar-refractivity contribution >= 4 is 40.9 Å². The number of nitrogens with zero attached hydrogens (tertiary/aromatic N) is 1. The van der Waals surface area contributed by atoms with E-state index in [0.29, 0.717) is 28.2 Å². The molecule has 140 valence electrons. The molecule has 0 fully saturated rings. The van der Waals surface area contributed by atoms with E-state index in [9.17, 15) is 4.79 Å². The van der Waals surface area contributed by atoms with Crippen LogP contribution in [0.2, 0.25) is 10.0 Å². The third-order valence-corrected chi connectivity index (χ3v) is 5.70. The van der Waals surface area contributed by atoms with Gasteiger partial charge in [-0.2, -0.15) is 0 Å². The second kappa shape index (κ2) is 9.31. The summed E-state index contributed by atoms with van der Waals surface area (Å²) in [7, 11) is 0. The summed E-state index contributed by atoms with van der Waals surface area (Å²) in [5.74, 6) is 1.08. The van der Waals surface area contributed by atoms with Crippen molar-refractivity contribution < 1.29 is 9.21 Å². The number of oxazole rings is 1. The molecule has 7 heteroatoms. The lowest BCUT2D eigenvalue weighted by molar-refractivity contribution is -0.120. The van der Waals surface area contributed by atoms with Crippen molar-refractivity contribution in [2.45, 2.75) is 24.5 Å². The molecule has 1 amide bonds. The number of benzene rings is 2. The maximum Gasteiger partial charge on any atom is 0.233 e. The van der Waals surface area contributed by atoms with Gasteiger partial charge in [0.25, 0.3) is 0 Å². The fraction of sp³-hybridized carbons (Fsp3) is 0.200. The molecular formula is C20H18Cl2N2O2S. The molecule has 3 rings (SSSR count). The Morgan fingerprint density at radius 2 is 1.93 bits per heavy atom. The fourth-order valence-corrected chi connectivity index (χ4v) is 3.47. The van der Waals surface area contributed by atoms with Gasteiger partial charge in [-0.15, -0.1) is 11.8 Å². The fourth-order valence-electron chi connectivity index (χ4n) is 2.35. The summed E-state index contributed by atoms with van der Waals surface area (Å²) in [6, 6.07) is 14.8. The topological polar surface area (TPSA) is 55.1 Å². The molecule has 0 spiro atoms. The van der Waals surface area contributed by atoms with Gasteiger partial charge in [0, 0.05) is 27.9 Å². The standard InChI is InChI=1S/C20H18Cl2N2O2S/c1-13(19(25)23-10-15-4-2-3-5-18(15)22)27-12-17-11-26-20(24-17)14-6-8-16(21)9-7-14/h2-9,11,13H,10,12H2,1H3,(H,23,25)/t13-/m1/s1. The molecule has 1 aromatic heterocycles. The Bertz CT molecular complexity index is 912. The molecule has 0 unspecified atom stereocenters. The van der Waals surface area contributed by atoms with E-state index in [1.807, 2.05) is 43.3 Å². The Morgan fingerprint density at radius 3 is 2.67 bits per heavy atom. The number of thioether (sulfide) groups is 1. The quantitative estimate of drug-likeness (QED) is 0.541. The van der Waals surface area contributed by atoms with Crippen LogP contribution in [0.4, 0.5) is 0 Å². The van der Waals surface area contributed by atoms with Gasteiger partial charge in [0.05, 0.1) is 10.9 Å². The second-order valence-electron chi connectivity index (χ2n) is 5.91. The Kier molecular flexibility index (Phi) is 6.83. The minimum Gasteiger partial charge on any atom is -0.444 e. The summed E-state index contributed by atoms with van der Waals surface area (Å²) >= 11 is 13.5. The minimum atomic E-state index is -0.219. The zero-order valence-corrected chi connectivity index (χ0v) is 16.9. The molecule has 3 aromatic rings. The second-order valence-corrected chi connectivity index (χ2v) is 8.09. The molecule has 0 radical (unpaired) electrons. The zero-order chi connectivity index (χ0) is 19.2. The average Bonchev–Trinajstić information content (AvgIpc) is 3.15. The molecule has 0 bridgehead atoms. The highest BCUT2D eigenvalue weighted by Crippen LogP contribution is 2.24. The third kappa shape index (κ3) is 5.51. The molecule has 1 atom stereocenters. The van der Waals surface area contributed by atoms with Crippen LogP contribution in [0.15, 0.2) is 59.2 Å². The maximum absolute atomic E-state index is 12.3. The molecule has 2 aromatic carbocycles. The minimum absolute atomic E-state index is 0.0404. The number of amides is 1. The van der Waals surface area contributed by atoms with Crippen LogP contribution in [0.1, 0.15) is 18.2 Å². The van der Waals surface area contributed by atoms with Crippen LogP contribution in [0.3, 0.4) is 0 Å². The van der Waals surface area contributed by atoms with Crippen molar-refractivity contribution in [1.29, 1.82) is 0 Å². The van der Waals surface area contributed by atoms with Crippen molar-refractivity contribution in [2.24, 2.45) is 0 Å². The van der Waals surface area contributed by atoms with Crippen molar-refractivity contribution in [2.75, 3.05) is 0 Å². The van der Waals surface area contributed by atoms with Crippen LogP contribution in [0.25, 0.3) is 11.5 Å². The highest BCUT2D eigenvalue weighted by molar-refractivity contribution is 7.99. The van der Waals surface area contributed by atoms with Gasteiger partial charge in [0.1, 0.15) is 6.26 Å². The Labute approximate surface area is 172 Å². The highest BCUT2D eigenvalue weighted by Gasteiger charge is 2.15. The Balaban J connectivity index is 1.50. The van der Waals surface area contributed by atoms with Gasteiger partial charge >= 0.3 is 0 Å². The van der Waals surface area contributed by atoms with E-state index in [-0.39, 0.29) is 11.2 Å². The van der Waals surface area contributed by atoms with Crippen LogP contribution in [0.5, 0.6) is 0 Å². The average molecular weight is 421 g/mol. The van der Waals surface area contributed by atoms with Crippen molar-refractivity contribution in [3.8, 4) is 11.5 Å². The molecule has 4 nitrogen and oxygen atoms in total. The number of carbonyl (C=O) groups is 1. The van der Waals surface area contributed by atoms with E-state index in [0.717, 1.165) is 16.8 Å². The Hall–Kier alpha value is -1.95. The first-order chi connectivity index (χ1) is 13.0. The Morgan fingerprint density at radius 1 is 1.19 bits per heavy atom. The number of aromatic nitrogens is 1. The lowest BCUT2D eigenvalue weighted by Gasteiger charge is -2.12. The van der Waals surface area contributed by atoms with Crippen molar-refractivity contribution in [3.05, 3.63) is 76.1 Å². The van der Waals surface area contributed by atoms with E-state index >= 15 is 0 Å². The summed E-state index contributed by atoms with van der Waals surface area (Å²) in [5, 5.41) is 4.01. The van der Waals surface area contributed by atoms with E-state index in [1.54, 1.807) is 18.4 Å². The summed E-state index contributed by atoms with van der Waals surface area (Å²) in [6.45, 7) is 2.28. The monoisotopic (exact) mass is 420 g/mol. The van der Waals surface area contributed by atoms with E-state index < -0.39 is 0 Å². The molecule has 0 aliphatic carbocycles. The number of rotatable bonds is 7. The van der Waals surface area contributed by atoms with Gasteiger partial charge in [0.15, 0.2) is 0 Å². The van der Waals surface area contributed by atoms with Crippen LogP contribution in [-0.4, -0.2) is 16.1 Å². The number of carbonyl (C=O) groups excluding carboxylic acids is 1. The molecule has 1 heterocycles. The first kappa shape index (κ1) is 19.8. The first-order valence-corrected chi connectivity index (χ1v) is 10.2. The predicted molar refractivity (Wildman–Crippen MR) is 111 cm³/mol. The summed E-state index contributed by atoms with van der Waals surface area (Å²) in [4.78, 5) is 16.7. The van der Waals surface area contributed by atoms with E-state index in [1.165, 1.54) is 11.8 Å². The van der Waals surface area contributed by atoms with Gasteiger partial charge in [-0.25, -0.2) is 4.98 Å². The summed E-state index contributed by atoms with van der Waals surface area (Å²) < 4.78 is 5.52. The van der Waals surface area contributed by atoms with Crippen molar-refractivity contribution in [1.82, 2.24) is 10.3 Å². The lowest BCUT2D eigenvalue weighted by atomic mass is 10.2. The van der Waals surface area contributed by atoms with Gasteiger partial charge in [-0.05, 0) is 42.8 Å². The summed E-state index contributed by atoms with van der Waals surface area (Å²) in [5.41, 5.74) is 2.55. The summed E-state index contributed by atoms with van der Waals surface area (Å²) in [6.07, 6.45) is 1.62. The number of nitrogens with one attached hydrogen (secondary N) is 1. The number of halogens is 2. The molecular weight excluding hydrogens is 403 g/mol. The lowest BCUT2D eigenvalue weighted by Crippen LogP contribution is -2.30. The van der Waals surface area contributed by atoms with Gasteiger partial charge in [-0.3, -0.25) is 4.79 Å². The van der Waals surface area contributed by atoms with Crippen LogP contribution < -0.4 is 5.32 Å². The zero-order valence-electron chi connectivity index (χ0n) is 14.6.